The highest BCUT2D eigenvalue weighted by atomic mass is 35.5. The van der Waals surface area contributed by atoms with Gasteiger partial charge in [0, 0.05) is 11.1 Å². The Hall–Kier alpha value is -3.01. The molecule has 148 valence electrons. The molecule has 29 heavy (non-hydrogen) atoms. The molecule has 3 N–H and O–H groups in total. The number of benzene rings is 2. The van der Waals surface area contributed by atoms with Gasteiger partial charge in [0.1, 0.15) is 4.90 Å². The molecule has 0 bridgehead atoms. The first kappa shape index (κ1) is 19.3. The number of H-pyrrole nitrogens is 2. The van der Waals surface area contributed by atoms with E-state index in [1.54, 1.807) is 18.2 Å². The highest BCUT2D eigenvalue weighted by Gasteiger charge is 2.20. The van der Waals surface area contributed by atoms with Crippen LogP contribution < -0.4 is 15.8 Å². The van der Waals surface area contributed by atoms with E-state index >= 15 is 0 Å². The zero-order valence-electron chi connectivity index (χ0n) is 14.3. The van der Waals surface area contributed by atoms with Gasteiger partial charge in [-0.3, -0.25) is 14.3 Å². The number of aromatic amines is 2. The number of anilines is 1. The number of furan rings is 1. The van der Waals surface area contributed by atoms with Crippen LogP contribution in [0.3, 0.4) is 0 Å². The van der Waals surface area contributed by atoms with Crippen molar-refractivity contribution < 1.29 is 12.8 Å². The fourth-order valence-electron chi connectivity index (χ4n) is 2.76. The van der Waals surface area contributed by atoms with Gasteiger partial charge in [-0.15, -0.1) is 0 Å². The number of halogens is 2. The SMILES string of the molecule is O=c1[nH]c2cc(Cl)c(S(=O)(=O)Nc3ccc(-c4ccoc4)c(Cl)c3)cc2[nH]c1=O. The van der Waals surface area contributed by atoms with E-state index in [-0.39, 0.29) is 26.6 Å². The Bertz CT molecular complexity index is 1460. The van der Waals surface area contributed by atoms with Crippen LogP contribution in [-0.2, 0) is 10.0 Å². The van der Waals surface area contributed by atoms with Gasteiger partial charge < -0.3 is 14.4 Å². The Kier molecular flexibility index (Phi) is 4.73. The van der Waals surface area contributed by atoms with Crippen molar-refractivity contribution in [3.8, 4) is 11.1 Å². The monoisotopic (exact) mass is 451 g/mol. The van der Waals surface area contributed by atoms with Gasteiger partial charge in [-0.05, 0) is 30.3 Å². The van der Waals surface area contributed by atoms with Gasteiger partial charge in [-0.25, -0.2) is 8.42 Å². The number of fused-ring (bicyclic) bond motifs is 1. The lowest BCUT2D eigenvalue weighted by atomic mass is 10.1. The normalized spacial score (nSPS) is 11.7. The Morgan fingerprint density at radius 1 is 0.897 bits per heavy atom. The van der Waals surface area contributed by atoms with E-state index in [1.165, 1.54) is 30.7 Å². The molecular weight excluding hydrogens is 441 g/mol. The quantitative estimate of drug-likeness (QED) is 0.408. The number of nitrogens with one attached hydrogen (secondary N) is 3. The van der Waals surface area contributed by atoms with Crippen LogP contribution in [0.15, 0.2) is 67.8 Å². The molecule has 0 spiro atoms. The van der Waals surface area contributed by atoms with Crippen molar-refractivity contribution in [1.82, 2.24) is 9.97 Å². The maximum Gasteiger partial charge on any atom is 0.314 e. The third-order valence-electron chi connectivity index (χ3n) is 4.12. The van der Waals surface area contributed by atoms with E-state index in [2.05, 4.69) is 14.7 Å². The molecule has 0 fully saturated rings. The summed E-state index contributed by atoms with van der Waals surface area (Å²) in [6.07, 6.45) is 3.02. The second-order valence-electron chi connectivity index (χ2n) is 6.05. The number of aromatic nitrogens is 2. The molecule has 0 amide bonds. The summed E-state index contributed by atoms with van der Waals surface area (Å²) < 4.78 is 33.1. The minimum atomic E-state index is -4.12. The standard InChI is InChI=1S/C18H11Cl2N3O5S/c19-12-5-10(1-2-11(12)9-3-4-28-8-9)23-29(26,27)16-7-15-14(6-13(16)20)21-17(24)18(25)22-15/h1-8,23H,(H,21,24)(H,22,25). The first-order valence-corrected chi connectivity index (χ1v) is 10.3. The van der Waals surface area contributed by atoms with Gasteiger partial charge in [0.05, 0.1) is 39.3 Å². The topological polar surface area (TPSA) is 125 Å². The lowest BCUT2D eigenvalue weighted by Crippen LogP contribution is -2.29. The third-order valence-corrected chi connectivity index (χ3v) is 6.28. The van der Waals surface area contributed by atoms with Gasteiger partial charge in [-0.1, -0.05) is 29.3 Å². The van der Waals surface area contributed by atoms with Crippen molar-refractivity contribution in [2.45, 2.75) is 4.90 Å². The summed E-state index contributed by atoms with van der Waals surface area (Å²) in [6.45, 7) is 0. The molecule has 0 aliphatic carbocycles. The first-order chi connectivity index (χ1) is 13.7. The van der Waals surface area contributed by atoms with Crippen LogP contribution >= 0.6 is 23.2 Å². The average molecular weight is 452 g/mol. The van der Waals surface area contributed by atoms with Crippen LogP contribution in [0.4, 0.5) is 5.69 Å². The predicted molar refractivity (Wildman–Crippen MR) is 110 cm³/mol. The lowest BCUT2D eigenvalue weighted by Gasteiger charge is -2.12. The molecule has 2 heterocycles. The molecule has 0 saturated carbocycles. The van der Waals surface area contributed by atoms with Gasteiger partial charge >= 0.3 is 11.1 Å². The average Bonchev–Trinajstić information content (AvgIpc) is 3.16. The summed E-state index contributed by atoms with van der Waals surface area (Å²) in [4.78, 5) is 27.3. The molecule has 0 aliphatic rings. The van der Waals surface area contributed by atoms with Gasteiger partial charge in [0.25, 0.3) is 10.0 Å². The zero-order valence-corrected chi connectivity index (χ0v) is 16.7. The molecule has 8 nitrogen and oxygen atoms in total. The number of hydrogen-bond acceptors (Lipinski definition) is 5. The molecule has 4 rings (SSSR count). The molecular formula is C18H11Cl2N3O5S. The summed E-state index contributed by atoms with van der Waals surface area (Å²) in [7, 11) is -4.12. The maximum absolute atomic E-state index is 12.8. The molecule has 0 saturated heterocycles. The van der Waals surface area contributed by atoms with Crippen molar-refractivity contribution in [3.05, 3.63) is 79.7 Å². The number of sulfonamides is 1. The molecule has 2 aromatic carbocycles. The van der Waals surface area contributed by atoms with E-state index in [9.17, 15) is 18.0 Å². The third kappa shape index (κ3) is 3.67. The second-order valence-corrected chi connectivity index (χ2v) is 8.51. The summed E-state index contributed by atoms with van der Waals surface area (Å²) in [5.41, 5.74) is 0.188. The Balaban J connectivity index is 1.73. The largest absolute Gasteiger partial charge is 0.472 e. The maximum atomic E-state index is 12.8. The molecule has 0 atom stereocenters. The summed E-state index contributed by atoms with van der Waals surface area (Å²) in [6, 6.07) is 8.78. The Morgan fingerprint density at radius 2 is 1.59 bits per heavy atom. The predicted octanol–water partition coefficient (Wildman–Crippen LogP) is 3.58. The minimum Gasteiger partial charge on any atom is -0.472 e. The molecule has 0 unspecified atom stereocenters. The molecule has 0 radical (unpaired) electrons. The van der Waals surface area contributed by atoms with E-state index in [0.717, 1.165) is 5.56 Å². The summed E-state index contributed by atoms with van der Waals surface area (Å²) in [5.74, 6) is 0. The Morgan fingerprint density at radius 3 is 2.21 bits per heavy atom. The Labute approximate surface area is 173 Å². The number of hydrogen-bond donors (Lipinski definition) is 3. The summed E-state index contributed by atoms with van der Waals surface area (Å²) >= 11 is 12.4. The van der Waals surface area contributed by atoms with Gasteiger partial charge in [-0.2, -0.15) is 0 Å². The lowest BCUT2D eigenvalue weighted by molar-refractivity contribution is 0.568. The van der Waals surface area contributed by atoms with Gasteiger partial charge in [0.2, 0.25) is 0 Å². The fraction of sp³-hybridized carbons (Fsp3) is 0. The van der Waals surface area contributed by atoms with Crippen molar-refractivity contribution in [1.29, 1.82) is 0 Å². The van der Waals surface area contributed by atoms with Crippen molar-refractivity contribution in [3.63, 3.8) is 0 Å². The molecule has 11 heteroatoms. The smallest absolute Gasteiger partial charge is 0.314 e. The van der Waals surface area contributed by atoms with E-state index in [0.29, 0.717) is 10.6 Å². The van der Waals surface area contributed by atoms with Crippen LogP contribution in [0.2, 0.25) is 10.0 Å². The highest BCUT2D eigenvalue weighted by molar-refractivity contribution is 7.92. The van der Waals surface area contributed by atoms with E-state index in [1.807, 2.05) is 0 Å². The first-order valence-electron chi connectivity index (χ1n) is 8.05. The molecule has 2 aromatic heterocycles. The minimum absolute atomic E-state index is 0.118. The van der Waals surface area contributed by atoms with Crippen molar-refractivity contribution >= 4 is 49.9 Å². The summed E-state index contributed by atoms with van der Waals surface area (Å²) in [5, 5.41) is 0.187. The van der Waals surface area contributed by atoms with E-state index in [4.69, 9.17) is 27.6 Å². The van der Waals surface area contributed by atoms with Crippen LogP contribution in [0.1, 0.15) is 0 Å². The highest BCUT2D eigenvalue weighted by Crippen LogP contribution is 2.32. The van der Waals surface area contributed by atoms with Crippen LogP contribution in [0, 0.1) is 0 Å². The molecule has 4 aromatic rings. The molecule has 0 aliphatic heterocycles. The van der Waals surface area contributed by atoms with Crippen molar-refractivity contribution in [2.24, 2.45) is 0 Å². The van der Waals surface area contributed by atoms with Crippen LogP contribution in [0.25, 0.3) is 22.2 Å². The van der Waals surface area contributed by atoms with Crippen LogP contribution in [-0.4, -0.2) is 18.4 Å². The van der Waals surface area contributed by atoms with Crippen molar-refractivity contribution in [2.75, 3.05) is 4.72 Å². The zero-order chi connectivity index (χ0) is 20.8. The van der Waals surface area contributed by atoms with Gasteiger partial charge in [0.15, 0.2) is 0 Å². The second kappa shape index (κ2) is 7.11. The fourth-order valence-corrected chi connectivity index (χ4v) is 4.66. The van der Waals surface area contributed by atoms with E-state index < -0.39 is 21.1 Å². The van der Waals surface area contributed by atoms with Crippen LogP contribution in [0.5, 0.6) is 0 Å². The number of rotatable bonds is 4.